The van der Waals surface area contributed by atoms with Crippen molar-refractivity contribution in [1.82, 2.24) is 10.2 Å². The molecule has 1 saturated heterocycles. The Kier molecular flexibility index (Phi) is 6.97. The molecule has 0 aromatic heterocycles. The van der Waals surface area contributed by atoms with Gasteiger partial charge >= 0.3 is 5.97 Å². The van der Waals surface area contributed by atoms with Gasteiger partial charge in [0.05, 0.1) is 5.56 Å². The Bertz CT molecular complexity index is 964. The molecule has 0 amide bonds. The Labute approximate surface area is 183 Å². The lowest BCUT2D eigenvalue weighted by Crippen LogP contribution is -2.41. The molecule has 1 aliphatic rings. The SMILES string of the molecule is O=C(O)c1ccc(CNC2CCN(Cc3ccc(Oc4ccccc4)cc3)CC2)cc1. The van der Waals surface area contributed by atoms with Crippen molar-refractivity contribution in [2.45, 2.75) is 32.0 Å². The summed E-state index contributed by atoms with van der Waals surface area (Å²) in [5.74, 6) is 0.821. The first-order valence-electron chi connectivity index (χ1n) is 10.8. The van der Waals surface area contributed by atoms with Gasteiger partial charge < -0.3 is 15.2 Å². The number of carbonyl (C=O) groups is 1. The molecule has 0 radical (unpaired) electrons. The number of carboxylic acid groups (broad SMARTS) is 1. The van der Waals surface area contributed by atoms with Gasteiger partial charge in [0, 0.05) is 19.1 Å². The fourth-order valence-electron chi connectivity index (χ4n) is 3.87. The Morgan fingerprint density at radius 2 is 1.48 bits per heavy atom. The smallest absolute Gasteiger partial charge is 0.335 e. The number of likely N-dealkylation sites (tertiary alicyclic amines) is 1. The highest BCUT2D eigenvalue weighted by Gasteiger charge is 2.19. The van der Waals surface area contributed by atoms with E-state index in [1.54, 1.807) is 12.1 Å². The van der Waals surface area contributed by atoms with Crippen molar-refractivity contribution in [3.8, 4) is 11.5 Å². The van der Waals surface area contributed by atoms with Crippen LogP contribution in [-0.4, -0.2) is 35.1 Å². The molecule has 0 unspecified atom stereocenters. The third kappa shape index (κ3) is 6.17. The number of ether oxygens (including phenoxy) is 1. The minimum Gasteiger partial charge on any atom is -0.478 e. The summed E-state index contributed by atoms with van der Waals surface area (Å²) >= 11 is 0. The van der Waals surface area contributed by atoms with Gasteiger partial charge in [0.25, 0.3) is 0 Å². The van der Waals surface area contributed by atoms with Crippen LogP contribution in [0.3, 0.4) is 0 Å². The van der Waals surface area contributed by atoms with Crippen LogP contribution in [0.5, 0.6) is 11.5 Å². The molecule has 2 N–H and O–H groups in total. The van der Waals surface area contributed by atoms with Crippen LogP contribution in [0, 0.1) is 0 Å². The predicted molar refractivity (Wildman–Crippen MR) is 121 cm³/mol. The molecule has 160 valence electrons. The predicted octanol–water partition coefficient (Wildman–Crippen LogP) is 4.93. The molecule has 1 fully saturated rings. The zero-order chi connectivity index (χ0) is 21.5. The third-order valence-electron chi connectivity index (χ3n) is 5.69. The Morgan fingerprint density at radius 3 is 2.13 bits per heavy atom. The average molecular weight is 417 g/mol. The molecule has 1 aliphatic heterocycles. The zero-order valence-electron chi connectivity index (χ0n) is 17.5. The molecule has 5 nitrogen and oxygen atoms in total. The molecule has 0 spiro atoms. The van der Waals surface area contributed by atoms with E-state index >= 15 is 0 Å². The number of hydrogen-bond acceptors (Lipinski definition) is 4. The van der Waals surface area contributed by atoms with Gasteiger partial charge in [-0.15, -0.1) is 0 Å². The molecule has 3 aromatic carbocycles. The maximum atomic E-state index is 10.9. The first-order valence-corrected chi connectivity index (χ1v) is 10.8. The van der Waals surface area contributed by atoms with Crippen molar-refractivity contribution in [2.24, 2.45) is 0 Å². The van der Waals surface area contributed by atoms with Crippen LogP contribution in [0.2, 0.25) is 0 Å². The lowest BCUT2D eigenvalue weighted by molar-refractivity contribution is 0.0697. The molecule has 0 bridgehead atoms. The molecule has 31 heavy (non-hydrogen) atoms. The minimum absolute atomic E-state index is 0.330. The highest BCUT2D eigenvalue weighted by Crippen LogP contribution is 2.22. The number of nitrogens with one attached hydrogen (secondary N) is 1. The van der Waals surface area contributed by atoms with E-state index in [4.69, 9.17) is 9.84 Å². The molecule has 0 atom stereocenters. The fraction of sp³-hybridized carbons (Fsp3) is 0.269. The number of benzene rings is 3. The number of aromatic carboxylic acids is 1. The summed E-state index contributed by atoms with van der Waals surface area (Å²) in [6, 6.07) is 25.8. The minimum atomic E-state index is -0.884. The lowest BCUT2D eigenvalue weighted by Gasteiger charge is -2.32. The van der Waals surface area contributed by atoms with Gasteiger partial charge in [0.1, 0.15) is 11.5 Å². The van der Waals surface area contributed by atoms with Crippen molar-refractivity contribution in [3.63, 3.8) is 0 Å². The van der Waals surface area contributed by atoms with Gasteiger partial charge in [-0.2, -0.15) is 0 Å². The highest BCUT2D eigenvalue weighted by molar-refractivity contribution is 5.87. The van der Waals surface area contributed by atoms with Crippen LogP contribution < -0.4 is 10.1 Å². The van der Waals surface area contributed by atoms with Gasteiger partial charge in [0.15, 0.2) is 0 Å². The highest BCUT2D eigenvalue weighted by atomic mass is 16.5. The Hall–Kier alpha value is -3.15. The second-order valence-corrected chi connectivity index (χ2v) is 7.99. The maximum Gasteiger partial charge on any atom is 0.335 e. The number of carboxylic acids is 1. The summed E-state index contributed by atoms with van der Waals surface area (Å²) in [5, 5.41) is 12.6. The van der Waals surface area contributed by atoms with E-state index in [9.17, 15) is 4.79 Å². The third-order valence-corrected chi connectivity index (χ3v) is 5.69. The summed E-state index contributed by atoms with van der Waals surface area (Å²) in [6.07, 6.45) is 2.23. The molecule has 4 rings (SSSR count). The maximum absolute atomic E-state index is 10.9. The monoisotopic (exact) mass is 416 g/mol. The van der Waals surface area contributed by atoms with E-state index < -0.39 is 5.97 Å². The second kappa shape index (κ2) is 10.2. The van der Waals surface area contributed by atoms with Crippen LogP contribution >= 0.6 is 0 Å². The van der Waals surface area contributed by atoms with E-state index in [0.717, 1.165) is 56.1 Å². The van der Waals surface area contributed by atoms with E-state index in [-0.39, 0.29) is 0 Å². The Balaban J connectivity index is 1.19. The first-order chi connectivity index (χ1) is 15.2. The van der Waals surface area contributed by atoms with Crippen molar-refractivity contribution in [2.75, 3.05) is 13.1 Å². The van der Waals surface area contributed by atoms with Crippen molar-refractivity contribution in [1.29, 1.82) is 0 Å². The first kappa shape index (κ1) is 21.1. The zero-order valence-corrected chi connectivity index (χ0v) is 17.5. The van der Waals surface area contributed by atoms with Crippen molar-refractivity contribution in [3.05, 3.63) is 95.6 Å². The summed E-state index contributed by atoms with van der Waals surface area (Å²) in [4.78, 5) is 13.4. The lowest BCUT2D eigenvalue weighted by atomic mass is 10.0. The number of para-hydroxylation sites is 1. The van der Waals surface area contributed by atoms with Gasteiger partial charge in [-0.25, -0.2) is 4.79 Å². The van der Waals surface area contributed by atoms with Crippen LogP contribution in [0.1, 0.15) is 34.3 Å². The van der Waals surface area contributed by atoms with Crippen LogP contribution in [-0.2, 0) is 13.1 Å². The Morgan fingerprint density at radius 1 is 0.871 bits per heavy atom. The van der Waals surface area contributed by atoms with Gasteiger partial charge in [-0.1, -0.05) is 42.5 Å². The number of rotatable bonds is 8. The summed E-state index contributed by atoms with van der Waals surface area (Å²) in [6.45, 7) is 3.86. The number of piperidine rings is 1. The number of hydrogen-bond donors (Lipinski definition) is 2. The van der Waals surface area contributed by atoms with Gasteiger partial charge in [0.2, 0.25) is 0 Å². The van der Waals surface area contributed by atoms with E-state index in [1.807, 2.05) is 54.6 Å². The normalized spacial score (nSPS) is 15.0. The second-order valence-electron chi connectivity index (χ2n) is 7.99. The van der Waals surface area contributed by atoms with E-state index in [1.165, 1.54) is 5.56 Å². The van der Waals surface area contributed by atoms with Crippen LogP contribution in [0.15, 0.2) is 78.9 Å². The van der Waals surface area contributed by atoms with Crippen molar-refractivity contribution < 1.29 is 14.6 Å². The molecule has 0 saturated carbocycles. The molecular weight excluding hydrogens is 388 g/mol. The van der Waals surface area contributed by atoms with Crippen LogP contribution in [0.25, 0.3) is 0 Å². The van der Waals surface area contributed by atoms with E-state index in [2.05, 4.69) is 22.3 Å². The van der Waals surface area contributed by atoms with E-state index in [0.29, 0.717) is 11.6 Å². The molecule has 1 heterocycles. The standard InChI is InChI=1S/C26H28N2O3/c29-26(30)22-10-6-20(7-11-22)18-27-23-14-16-28(17-15-23)19-21-8-12-25(13-9-21)31-24-4-2-1-3-5-24/h1-13,23,27H,14-19H2,(H,29,30). The topological polar surface area (TPSA) is 61.8 Å². The summed E-state index contributed by atoms with van der Waals surface area (Å²) in [5.41, 5.74) is 2.74. The van der Waals surface area contributed by atoms with Gasteiger partial charge in [-0.05, 0) is 73.5 Å². The number of nitrogens with zero attached hydrogens (tertiary/aromatic N) is 1. The average Bonchev–Trinajstić information content (AvgIpc) is 2.81. The largest absolute Gasteiger partial charge is 0.478 e. The summed E-state index contributed by atoms with van der Waals surface area (Å²) < 4.78 is 5.87. The molecular formula is C26H28N2O3. The van der Waals surface area contributed by atoms with Gasteiger partial charge in [-0.3, -0.25) is 4.90 Å². The quantitative estimate of drug-likeness (QED) is 0.545. The molecule has 3 aromatic rings. The fourth-order valence-corrected chi connectivity index (χ4v) is 3.87. The molecule has 0 aliphatic carbocycles. The molecule has 5 heteroatoms. The van der Waals surface area contributed by atoms with Crippen molar-refractivity contribution >= 4 is 5.97 Å². The summed E-state index contributed by atoms with van der Waals surface area (Å²) in [7, 11) is 0. The van der Waals surface area contributed by atoms with Crippen LogP contribution in [0.4, 0.5) is 0 Å².